The van der Waals surface area contributed by atoms with Crippen LogP contribution in [0.5, 0.6) is 11.5 Å². The number of rotatable bonds is 9. The van der Waals surface area contributed by atoms with Crippen LogP contribution in [0.15, 0.2) is 48.5 Å². The highest BCUT2D eigenvalue weighted by atomic mass is 16.5. The first-order valence-electron chi connectivity index (χ1n) is 7.82. The van der Waals surface area contributed by atoms with Crippen molar-refractivity contribution in [3.63, 3.8) is 0 Å². The van der Waals surface area contributed by atoms with Crippen LogP contribution in [0.25, 0.3) is 0 Å². The van der Waals surface area contributed by atoms with Crippen molar-refractivity contribution in [1.82, 2.24) is 4.90 Å². The van der Waals surface area contributed by atoms with E-state index in [1.54, 1.807) is 19.1 Å². The second-order valence-corrected chi connectivity index (χ2v) is 5.67. The fraction of sp³-hybridized carbons (Fsp3) is 0.316. The van der Waals surface area contributed by atoms with Crippen molar-refractivity contribution in [2.75, 3.05) is 27.2 Å². The summed E-state index contributed by atoms with van der Waals surface area (Å²) in [6.45, 7) is 1.25. The standard InChI is InChI=1S/C19H23NO4/c1-20(13-19(21)22)11-10-15-6-8-17(9-7-15)24-14-16-4-3-5-18(12-16)23-2/h3-9,12H,10-11,13-14H2,1-2H3,(H,21,22). The first-order valence-corrected chi connectivity index (χ1v) is 7.82. The minimum Gasteiger partial charge on any atom is -0.497 e. The molecule has 24 heavy (non-hydrogen) atoms. The zero-order valence-corrected chi connectivity index (χ0v) is 14.1. The Labute approximate surface area is 142 Å². The molecule has 0 bridgehead atoms. The first kappa shape index (κ1) is 17.8. The molecule has 0 aliphatic heterocycles. The quantitative estimate of drug-likeness (QED) is 0.766. The van der Waals surface area contributed by atoms with Gasteiger partial charge in [0.05, 0.1) is 13.7 Å². The van der Waals surface area contributed by atoms with Gasteiger partial charge >= 0.3 is 5.97 Å². The number of aliphatic carboxylic acids is 1. The average Bonchev–Trinajstić information content (AvgIpc) is 2.58. The second kappa shape index (κ2) is 8.93. The normalized spacial score (nSPS) is 10.6. The van der Waals surface area contributed by atoms with Crippen LogP contribution >= 0.6 is 0 Å². The van der Waals surface area contributed by atoms with Crippen molar-refractivity contribution in [2.45, 2.75) is 13.0 Å². The van der Waals surface area contributed by atoms with Gasteiger partial charge in [0.2, 0.25) is 0 Å². The van der Waals surface area contributed by atoms with Crippen LogP contribution in [0.2, 0.25) is 0 Å². The fourth-order valence-electron chi connectivity index (χ4n) is 2.31. The molecule has 0 saturated heterocycles. The predicted octanol–water partition coefficient (Wildman–Crippen LogP) is 2.83. The highest BCUT2D eigenvalue weighted by Gasteiger charge is 2.04. The van der Waals surface area contributed by atoms with Gasteiger partial charge in [-0.15, -0.1) is 0 Å². The highest BCUT2D eigenvalue weighted by Crippen LogP contribution is 2.17. The number of methoxy groups -OCH3 is 1. The van der Waals surface area contributed by atoms with E-state index in [2.05, 4.69) is 0 Å². The lowest BCUT2D eigenvalue weighted by Gasteiger charge is -2.14. The van der Waals surface area contributed by atoms with Gasteiger partial charge in [-0.2, -0.15) is 0 Å². The van der Waals surface area contributed by atoms with Crippen molar-refractivity contribution < 1.29 is 19.4 Å². The molecule has 2 rings (SSSR count). The third-order valence-electron chi connectivity index (χ3n) is 3.65. The zero-order valence-electron chi connectivity index (χ0n) is 14.1. The van der Waals surface area contributed by atoms with Gasteiger partial charge in [0.1, 0.15) is 18.1 Å². The van der Waals surface area contributed by atoms with E-state index in [1.807, 2.05) is 48.5 Å². The van der Waals surface area contributed by atoms with E-state index in [0.29, 0.717) is 13.2 Å². The SMILES string of the molecule is COc1cccc(COc2ccc(CCN(C)CC(=O)O)cc2)c1. The second-order valence-electron chi connectivity index (χ2n) is 5.67. The molecule has 0 saturated carbocycles. The Bertz CT molecular complexity index is 655. The monoisotopic (exact) mass is 329 g/mol. The summed E-state index contributed by atoms with van der Waals surface area (Å²) in [5.74, 6) is 0.816. The molecule has 5 nitrogen and oxygen atoms in total. The molecule has 5 heteroatoms. The summed E-state index contributed by atoms with van der Waals surface area (Å²) >= 11 is 0. The summed E-state index contributed by atoms with van der Waals surface area (Å²) in [5.41, 5.74) is 2.20. The number of hydrogen-bond acceptors (Lipinski definition) is 4. The maximum atomic E-state index is 10.6. The molecule has 0 amide bonds. The maximum absolute atomic E-state index is 10.6. The molecule has 0 unspecified atom stereocenters. The molecule has 0 radical (unpaired) electrons. The summed E-state index contributed by atoms with van der Waals surface area (Å²) in [6, 6.07) is 15.7. The van der Waals surface area contributed by atoms with Gasteiger partial charge in [-0.05, 0) is 48.9 Å². The zero-order chi connectivity index (χ0) is 17.4. The molecule has 0 heterocycles. The molecule has 0 aliphatic rings. The van der Waals surface area contributed by atoms with E-state index in [0.717, 1.165) is 29.0 Å². The number of likely N-dealkylation sites (N-methyl/N-ethyl adjacent to an activating group) is 1. The Balaban J connectivity index is 1.82. The summed E-state index contributed by atoms with van der Waals surface area (Å²) in [7, 11) is 3.45. The molecular weight excluding hydrogens is 306 g/mol. The van der Waals surface area contributed by atoms with Crippen LogP contribution < -0.4 is 9.47 Å². The van der Waals surface area contributed by atoms with Crippen LogP contribution in [0.1, 0.15) is 11.1 Å². The van der Waals surface area contributed by atoms with Crippen molar-refractivity contribution in [2.24, 2.45) is 0 Å². The largest absolute Gasteiger partial charge is 0.497 e. The lowest BCUT2D eigenvalue weighted by Crippen LogP contribution is -2.27. The van der Waals surface area contributed by atoms with Crippen LogP contribution in [0.4, 0.5) is 0 Å². The Morgan fingerprint density at radius 2 is 1.83 bits per heavy atom. The molecule has 0 fully saturated rings. The van der Waals surface area contributed by atoms with Crippen LogP contribution in [0, 0.1) is 0 Å². The Kier molecular flexibility index (Phi) is 6.63. The first-order chi connectivity index (χ1) is 11.6. The molecule has 2 aromatic carbocycles. The highest BCUT2D eigenvalue weighted by molar-refractivity contribution is 5.69. The third-order valence-corrected chi connectivity index (χ3v) is 3.65. The van der Waals surface area contributed by atoms with Gasteiger partial charge in [-0.1, -0.05) is 24.3 Å². The minimum absolute atomic E-state index is 0.0573. The summed E-state index contributed by atoms with van der Waals surface area (Å²) in [4.78, 5) is 12.4. The number of carboxylic acids is 1. The van der Waals surface area contributed by atoms with E-state index in [1.165, 1.54) is 0 Å². The summed E-state index contributed by atoms with van der Waals surface area (Å²) in [6.07, 6.45) is 0.806. The van der Waals surface area contributed by atoms with E-state index < -0.39 is 5.97 Å². The van der Waals surface area contributed by atoms with Crippen molar-refractivity contribution in [1.29, 1.82) is 0 Å². The van der Waals surface area contributed by atoms with Crippen LogP contribution in [-0.4, -0.2) is 43.2 Å². The van der Waals surface area contributed by atoms with E-state index in [9.17, 15) is 4.79 Å². The number of hydrogen-bond donors (Lipinski definition) is 1. The van der Waals surface area contributed by atoms with E-state index in [-0.39, 0.29) is 6.54 Å². The van der Waals surface area contributed by atoms with Gasteiger partial charge in [-0.25, -0.2) is 0 Å². The molecule has 0 aromatic heterocycles. The minimum atomic E-state index is -0.807. The number of nitrogens with zero attached hydrogens (tertiary/aromatic N) is 1. The Hall–Kier alpha value is -2.53. The van der Waals surface area contributed by atoms with Gasteiger partial charge in [0, 0.05) is 6.54 Å². The van der Waals surface area contributed by atoms with Gasteiger partial charge < -0.3 is 14.6 Å². The van der Waals surface area contributed by atoms with Gasteiger partial charge in [0.15, 0.2) is 0 Å². The van der Waals surface area contributed by atoms with E-state index >= 15 is 0 Å². The topological polar surface area (TPSA) is 59.0 Å². The molecule has 1 N–H and O–H groups in total. The molecular formula is C19H23NO4. The number of carbonyl (C=O) groups is 1. The van der Waals surface area contributed by atoms with Crippen molar-refractivity contribution in [3.05, 3.63) is 59.7 Å². The van der Waals surface area contributed by atoms with Crippen molar-refractivity contribution in [3.8, 4) is 11.5 Å². The van der Waals surface area contributed by atoms with Gasteiger partial charge in [-0.3, -0.25) is 9.69 Å². The number of benzene rings is 2. The Morgan fingerprint density at radius 3 is 2.50 bits per heavy atom. The van der Waals surface area contributed by atoms with Gasteiger partial charge in [0.25, 0.3) is 0 Å². The third kappa shape index (κ3) is 5.93. The van der Waals surface area contributed by atoms with E-state index in [4.69, 9.17) is 14.6 Å². The molecule has 128 valence electrons. The lowest BCUT2D eigenvalue weighted by atomic mass is 10.1. The number of carboxylic acid groups (broad SMARTS) is 1. The maximum Gasteiger partial charge on any atom is 0.317 e. The summed E-state index contributed by atoms with van der Waals surface area (Å²) < 4.78 is 11.0. The molecule has 0 aliphatic carbocycles. The predicted molar refractivity (Wildman–Crippen MR) is 92.6 cm³/mol. The van der Waals surface area contributed by atoms with Crippen molar-refractivity contribution >= 4 is 5.97 Å². The Morgan fingerprint density at radius 1 is 1.08 bits per heavy atom. The molecule has 0 spiro atoms. The average molecular weight is 329 g/mol. The molecule has 2 aromatic rings. The lowest BCUT2D eigenvalue weighted by molar-refractivity contribution is -0.137. The van der Waals surface area contributed by atoms with Crippen LogP contribution in [-0.2, 0) is 17.8 Å². The van der Waals surface area contributed by atoms with Crippen LogP contribution in [0.3, 0.4) is 0 Å². The fourth-order valence-corrected chi connectivity index (χ4v) is 2.31. The molecule has 0 atom stereocenters. The number of ether oxygens (including phenoxy) is 2. The smallest absolute Gasteiger partial charge is 0.317 e. The summed E-state index contributed by atoms with van der Waals surface area (Å²) in [5, 5.41) is 8.74.